The number of aromatic nitrogens is 2. The number of aryl methyl sites for hydroxylation is 1. The molecule has 0 saturated heterocycles. The molecule has 0 saturated carbocycles. The van der Waals surface area contributed by atoms with Gasteiger partial charge in [-0.2, -0.15) is 18.3 Å². The van der Waals surface area contributed by atoms with E-state index in [1.807, 2.05) is 6.92 Å². The Balaban J connectivity index is 2.54. The van der Waals surface area contributed by atoms with Crippen molar-refractivity contribution in [3.05, 3.63) is 47.3 Å². The Kier molecular flexibility index (Phi) is 4.25. The number of nitrogens with zero attached hydrogens (tertiary/aromatic N) is 2. The molecule has 2 aromatic rings. The van der Waals surface area contributed by atoms with Crippen LogP contribution in [-0.2, 0) is 6.18 Å². The zero-order valence-electron chi connectivity index (χ0n) is 12.4. The summed E-state index contributed by atoms with van der Waals surface area (Å²) in [4.78, 5) is 12.0. The normalized spacial score (nSPS) is 11.8. The van der Waals surface area contributed by atoms with Crippen LogP contribution in [-0.4, -0.2) is 21.7 Å². The standard InChI is InChI=1S/C15H16F3N3O/c1-9(2)20-14(22)12-8-19-21(13(12)15(16,17)18)11-6-4-10(3)5-7-11/h4-9H,1-3H3,(H,20,22). The van der Waals surface area contributed by atoms with Crippen molar-refractivity contribution in [2.45, 2.75) is 33.0 Å². The average molecular weight is 311 g/mol. The molecule has 0 bridgehead atoms. The first-order chi connectivity index (χ1) is 10.2. The molecule has 0 spiro atoms. The van der Waals surface area contributed by atoms with Crippen LogP contribution in [0.15, 0.2) is 30.5 Å². The highest BCUT2D eigenvalue weighted by Crippen LogP contribution is 2.33. The molecule has 118 valence electrons. The summed E-state index contributed by atoms with van der Waals surface area (Å²) >= 11 is 0. The SMILES string of the molecule is Cc1ccc(-n2ncc(C(=O)NC(C)C)c2C(F)(F)F)cc1. The Morgan fingerprint density at radius 2 is 1.82 bits per heavy atom. The minimum atomic E-state index is -4.69. The highest BCUT2D eigenvalue weighted by molar-refractivity contribution is 5.95. The van der Waals surface area contributed by atoms with Crippen LogP contribution in [0.1, 0.15) is 35.5 Å². The van der Waals surface area contributed by atoms with Gasteiger partial charge in [0.15, 0.2) is 5.69 Å². The monoisotopic (exact) mass is 311 g/mol. The van der Waals surface area contributed by atoms with E-state index in [-0.39, 0.29) is 11.7 Å². The maximum Gasteiger partial charge on any atom is 0.434 e. The lowest BCUT2D eigenvalue weighted by Crippen LogP contribution is -2.31. The zero-order chi connectivity index (χ0) is 16.5. The summed E-state index contributed by atoms with van der Waals surface area (Å²) in [6, 6.07) is 6.16. The molecule has 1 aromatic carbocycles. The van der Waals surface area contributed by atoms with Crippen molar-refractivity contribution in [1.82, 2.24) is 15.1 Å². The largest absolute Gasteiger partial charge is 0.434 e. The van der Waals surface area contributed by atoms with Crippen LogP contribution in [0.3, 0.4) is 0 Å². The molecule has 0 aliphatic rings. The molecule has 1 aromatic heterocycles. The van der Waals surface area contributed by atoms with Crippen LogP contribution >= 0.6 is 0 Å². The Labute approximate surface area is 125 Å². The molecule has 4 nitrogen and oxygen atoms in total. The Bertz CT molecular complexity index is 672. The first-order valence-electron chi connectivity index (χ1n) is 6.73. The molecule has 0 radical (unpaired) electrons. The topological polar surface area (TPSA) is 46.9 Å². The van der Waals surface area contributed by atoms with Gasteiger partial charge < -0.3 is 5.32 Å². The van der Waals surface area contributed by atoms with E-state index in [9.17, 15) is 18.0 Å². The smallest absolute Gasteiger partial charge is 0.350 e. The fourth-order valence-electron chi connectivity index (χ4n) is 2.01. The molecular weight excluding hydrogens is 295 g/mol. The fourth-order valence-corrected chi connectivity index (χ4v) is 2.01. The zero-order valence-corrected chi connectivity index (χ0v) is 12.4. The second-order valence-electron chi connectivity index (χ2n) is 5.28. The minimum absolute atomic E-state index is 0.251. The van der Waals surface area contributed by atoms with Crippen molar-refractivity contribution in [3.8, 4) is 5.69 Å². The van der Waals surface area contributed by atoms with Gasteiger partial charge in [-0.3, -0.25) is 4.79 Å². The number of alkyl halides is 3. The summed E-state index contributed by atoms with van der Waals surface area (Å²) in [5.41, 5.74) is -0.389. The Morgan fingerprint density at radius 1 is 1.23 bits per heavy atom. The molecule has 0 atom stereocenters. The van der Waals surface area contributed by atoms with E-state index in [1.165, 1.54) is 12.1 Å². The van der Waals surface area contributed by atoms with Gasteiger partial charge in [0.1, 0.15) is 0 Å². The number of amides is 1. The van der Waals surface area contributed by atoms with Gasteiger partial charge in [0.2, 0.25) is 0 Å². The fraction of sp³-hybridized carbons (Fsp3) is 0.333. The van der Waals surface area contributed by atoms with Crippen molar-refractivity contribution in [2.75, 3.05) is 0 Å². The minimum Gasteiger partial charge on any atom is -0.350 e. The quantitative estimate of drug-likeness (QED) is 0.945. The van der Waals surface area contributed by atoms with E-state index < -0.39 is 23.3 Å². The molecule has 2 rings (SSSR count). The van der Waals surface area contributed by atoms with Gasteiger partial charge in [-0.05, 0) is 32.9 Å². The van der Waals surface area contributed by atoms with Crippen molar-refractivity contribution in [3.63, 3.8) is 0 Å². The lowest BCUT2D eigenvalue weighted by atomic mass is 10.2. The van der Waals surface area contributed by atoms with E-state index in [0.29, 0.717) is 0 Å². The number of rotatable bonds is 3. The second-order valence-corrected chi connectivity index (χ2v) is 5.28. The molecule has 0 unspecified atom stereocenters. The summed E-state index contributed by atoms with van der Waals surface area (Å²) in [7, 11) is 0. The lowest BCUT2D eigenvalue weighted by molar-refractivity contribution is -0.143. The van der Waals surface area contributed by atoms with Gasteiger partial charge in [-0.25, -0.2) is 4.68 Å². The van der Waals surface area contributed by atoms with Gasteiger partial charge in [0, 0.05) is 6.04 Å². The number of carbonyl (C=O) groups is 1. The van der Waals surface area contributed by atoms with Crippen LogP contribution in [0.4, 0.5) is 13.2 Å². The predicted molar refractivity (Wildman–Crippen MR) is 75.9 cm³/mol. The molecule has 1 amide bonds. The van der Waals surface area contributed by atoms with Crippen LogP contribution < -0.4 is 5.32 Å². The third kappa shape index (κ3) is 3.29. The highest BCUT2D eigenvalue weighted by atomic mass is 19.4. The number of hydrogen-bond acceptors (Lipinski definition) is 2. The number of benzene rings is 1. The summed E-state index contributed by atoms with van der Waals surface area (Å²) < 4.78 is 40.8. The lowest BCUT2D eigenvalue weighted by Gasteiger charge is -2.14. The third-order valence-corrected chi connectivity index (χ3v) is 2.98. The average Bonchev–Trinajstić information content (AvgIpc) is 2.83. The summed E-state index contributed by atoms with van der Waals surface area (Å²) in [5.74, 6) is -0.791. The highest BCUT2D eigenvalue weighted by Gasteiger charge is 2.40. The van der Waals surface area contributed by atoms with Crippen molar-refractivity contribution in [1.29, 1.82) is 0 Å². The number of carbonyl (C=O) groups excluding carboxylic acids is 1. The van der Waals surface area contributed by atoms with E-state index in [0.717, 1.165) is 16.4 Å². The van der Waals surface area contributed by atoms with Crippen molar-refractivity contribution >= 4 is 5.91 Å². The van der Waals surface area contributed by atoms with E-state index in [2.05, 4.69) is 10.4 Å². The van der Waals surface area contributed by atoms with E-state index >= 15 is 0 Å². The first kappa shape index (κ1) is 16.1. The predicted octanol–water partition coefficient (Wildman–Crippen LogP) is 3.34. The van der Waals surface area contributed by atoms with Crippen LogP contribution in [0.5, 0.6) is 0 Å². The van der Waals surface area contributed by atoms with Crippen LogP contribution in [0.2, 0.25) is 0 Å². The third-order valence-electron chi connectivity index (χ3n) is 2.98. The summed E-state index contributed by atoms with van der Waals surface area (Å²) in [6.07, 6.45) is -3.74. The van der Waals surface area contributed by atoms with Gasteiger partial charge >= 0.3 is 6.18 Å². The molecule has 0 fully saturated rings. The molecule has 0 aliphatic carbocycles. The Hall–Kier alpha value is -2.31. The van der Waals surface area contributed by atoms with Crippen LogP contribution in [0.25, 0.3) is 5.69 Å². The molecule has 1 heterocycles. The van der Waals surface area contributed by atoms with Crippen LogP contribution in [0, 0.1) is 6.92 Å². The van der Waals surface area contributed by atoms with Crippen molar-refractivity contribution in [2.24, 2.45) is 0 Å². The maximum atomic E-state index is 13.4. The van der Waals surface area contributed by atoms with Gasteiger partial charge in [0.05, 0.1) is 17.4 Å². The van der Waals surface area contributed by atoms with Crippen molar-refractivity contribution < 1.29 is 18.0 Å². The van der Waals surface area contributed by atoms with Gasteiger partial charge in [-0.1, -0.05) is 17.7 Å². The number of hydrogen-bond donors (Lipinski definition) is 1. The Morgan fingerprint density at radius 3 is 2.32 bits per heavy atom. The van der Waals surface area contributed by atoms with E-state index in [1.54, 1.807) is 26.0 Å². The molecule has 7 heteroatoms. The molecule has 1 N–H and O–H groups in total. The number of halogens is 3. The van der Waals surface area contributed by atoms with E-state index in [4.69, 9.17) is 0 Å². The molecule has 0 aliphatic heterocycles. The van der Waals surface area contributed by atoms with Gasteiger partial charge in [-0.15, -0.1) is 0 Å². The molecular formula is C15H16F3N3O. The summed E-state index contributed by atoms with van der Waals surface area (Å²) in [6.45, 7) is 5.18. The maximum absolute atomic E-state index is 13.4. The second kappa shape index (κ2) is 5.82. The molecule has 22 heavy (non-hydrogen) atoms. The summed E-state index contributed by atoms with van der Waals surface area (Å²) in [5, 5.41) is 6.20. The number of nitrogens with one attached hydrogen (secondary N) is 1. The van der Waals surface area contributed by atoms with Gasteiger partial charge in [0.25, 0.3) is 5.91 Å². The first-order valence-corrected chi connectivity index (χ1v) is 6.73.